The lowest BCUT2D eigenvalue weighted by Crippen LogP contribution is -2.44. The molecule has 0 saturated heterocycles. The molecule has 0 amide bonds. The Morgan fingerprint density at radius 3 is 0.969 bits per heavy atom. The fraction of sp³-hybridized carbons (Fsp3) is 0.429. The summed E-state index contributed by atoms with van der Waals surface area (Å²) in [5.74, 6) is -25.5. The lowest BCUT2D eigenvalue weighted by Gasteiger charge is -2.31. The minimum absolute atomic E-state index is 0.0221. The second-order valence-electron chi connectivity index (χ2n) is 5.63. The van der Waals surface area contributed by atoms with E-state index in [4.69, 9.17) is 10.5 Å². The predicted octanol–water partition coefficient (Wildman–Crippen LogP) is 6.53. The zero-order chi connectivity index (χ0) is 25.9. The predicted molar refractivity (Wildman–Crippen MR) is 65.7 cm³/mol. The van der Waals surface area contributed by atoms with Crippen LogP contribution in [0.5, 0.6) is 0 Å². The van der Waals surface area contributed by atoms with Gasteiger partial charge in [0, 0.05) is 0 Å². The van der Waals surface area contributed by atoms with Gasteiger partial charge in [-0.15, -0.1) is 0 Å². The Labute approximate surface area is 164 Å². The maximum absolute atomic E-state index is 14.3. The summed E-state index contributed by atoms with van der Waals surface area (Å²) in [4.78, 5) is 0. The highest BCUT2D eigenvalue weighted by atomic mass is 19.4. The first-order valence-electron chi connectivity index (χ1n) is 6.97. The number of nitriles is 2. The van der Waals surface area contributed by atoms with Crippen molar-refractivity contribution in [1.29, 1.82) is 10.5 Å². The minimum Gasteiger partial charge on any atom is -0.206 e. The summed E-state index contributed by atoms with van der Waals surface area (Å²) in [7, 11) is 0. The van der Waals surface area contributed by atoms with E-state index in [0.29, 0.717) is 0 Å². The third-order valence-electron chi connectivity index (χ3n) is 3.67. The van der Waals surface area contributed by atoms with Gasteiger partial charge in [-0.2, -0.15) is 76.4 Å². The van der Waals surface area contributed by atoms with Gasteiger partial charge in [-0.3, -0.25) is 0 Å². The SMILES string of the molecule is N#Cc1c(C#N)c(C(F)(F)C(F)(F)F)c(C(F)(F)C(F)(F)F)c(F)c1C(F)(F)C(F)(F)F. The molecule has 0 saturated carbocycles. The largest absolute Gasteiger partial charge is 0.458 e. The highest BCUT2D eigenvalue weighted by Crippen LogP contribution is 2.57. The van der Waals surface area contributed by atoms with E-state index in [2.05, 4.69) is 0 Å². The highest BCUT2D eigenvalue weighted by molar-refractivity contribution is 5.62. The molecular formula is C14F16N2. The molecule has 0 aromatic heterocycles. The van der Waals surface area contributed by atoms with Crippen LogP contribution in [0.4, 0.5) is 70.2 Å². The number of alkyl halides is 15. The summed E-state index contributed by atoms with van der Waals surface area (Å²) in [5.41, 5.74) is -18.1. The molecule has 0 radical (unpaired) electrons. The van der Waals surface area contributed by atoms with Crippen molar-refractivity contribution < 1.29 is 70.2 Å². The van der Waals surface area contributed by atoms with Gasteiger partial charge in [0.15, 0.2) is 0 Å². The molecule has 0 heterocycles. The maximum atomic E-state index is 14.3. The molecule has 0 aliphatic rings. The van der Waals surface area contributed by atoms with Crippen molar-refractivity contribution in [3.05, 3.63) is 33.6 Å². The van der Waals surface area contributed by atoms with Gasteiger partial charge >= 0.3 is 36.3 Å². The number of nitrogens with zero attached hydrogens (tertiary/aromatic N) is 2. The van der Waals surface area contributed by atoms with Crippen LogP contribution in [0, 0.1) is 28.5 Å². The van der Waals surface area contributed by atoms with Crippen LogP contribution in [-0.4, -0.2) is 18.5 Å². The highest BCUT2D eigenvalue weighted by Gasteiger charge is 2.70. The molecule has 0 N–H and O–H groups in total. The van der Waals surface area contributed by atoms with E-state index in [0.717, 1.165) is 0 Å². The van der Waals surface area contributed by atoms with Crippen molar-refractivity contribution in [3.8, 4) is 12.1 Å². The number of hydrogen-bond acceptors (Lipinski definition) is 2. The van der Waals surface area contributed by atoms with E-state index in [1.54, 1.807) is 0 Å². The number of benzene rings is 1. The average Bonchev–Trinajstić information content (AvgIpc) is 2.56. The van der Waals surface area contributed by atoms with Crippen molar-refractivity contribution in [3.63, 3.8) is 0 Å². The van der Waals surface area contributed by atoms with Crippen molar-refractivity contribution in [1.82, 2.24) is 0 Å². The van der Waals surface area contributed by atoms with Gasteiger partial charge in [0.05, 0.1) is 27.8 Å². The summed E-state index contributed by atoms with van der Waals surface area (Å²) in [6, 6.07) is 0.0241. The van der Waals surface area contributed by atoms with E-state index >= 15 is 0 Å². The molecule has 0 fully saturated rings. The quantitative estimate of drug-likeness (QED) is 0.444. The molecule has 32 heavy (non-hydrogen) atoms. The summed E-state index contributed by atoms with van der Waals surface area (Å²) in [6.07, 6.45) is -21.6. The van der Waals surface area contributed by atoms with Crippen LogP contribution in [0.2, 0.25) is 0 Å². The van der Waals surface area contributed by atoms with E-state index < -0.39 is 69.9 Å². The van der Waals surface area contributed by atoms with Gasteiger partial charge < -0.3 is 0 Å². The topological polar surface area (TPSA) is 47.6 Å². The first-order chi connectivity index (χ1) is 13.9. The van der Waals surface area contributed by atoms with Crippen LogP contribution in [0.25, 0.3) is 0 Å². The molecular weight excluding hydrogens is 500 g/mol. The zero-order valence-corrected chi connectivity index (χ0v) is 13.9. The normalized spacial score (nSPS) is 14.2. The second kappa shape index (κ2) is 7.31. The van der Waals surface area contributed by atoms with Gasteiger partial charge in [-0.05, 0) is 0 Å². The van der Waals surface area contributed by atoms with Crippen molar-refractivity contribution >= 4 is 0 Å². The lowest BCUT2D eigenvalue weighted by molar-refractivity contribution is -0.303. The van der Waals surface area contributed by atoms with Crippen LogP contribution in [-0.2, 0) is 17.8 Å². The maximum Gasteiger partial charge on any atom is 0.458 e. The Balaban J connectivity index is 4.66. The van der Waals surface area contributed by atoms with Crippen LogP contribution < -0.4 is 0 Å². The van der Waals surface area contributed by atoms with Crippen LogP contribution in [0.15, 0.2) is 0 Å². The Bertz CT molecular complexity index is 997. The summed E-state index contributed by atoms with van der Waals surface area (Å²) >= 11 is 0. The minimum atomic E-state index is -7.34. The van der Waals surface area contributed by atoms with Gasteiger partial charge in [0.2, 0.25) is 0 Å². The summed E-state index contributed by atoms with van der Waals surface area (Å²) in [5, 5.41) is 17.3. The van der Waals surface area contributed by atoms with Gasteiger partial charge in [-0.1, -0.05) is 0 Å². The molecule has 0 aliphatic heterocycles. The first-order valence-corrected chi connectivity index (χ1v) is 6.97. The number of hydrogen-bond donors (Lipinski definition) is 0. The molecule has 0 atom stereocenters. The lowest BCUT2D eigenvalue weighted by atomic mass is 9.83. The molecule has 178 valence electrons. The van der Waals surface area contributed by atoms with Gasteiger partial charge in [-0.25, -0.2) is 4.39 Å². The van der Waals surface area contributed by atoms with Crippen molar-refractivity contribution in [2.75, 3.05) is 0 Å². The van der Waals surface area contributed by atoms with Gasteiger partial charge in [0.25, 0.3) is 0 Å². The summed E-state index contributed by atoms with van der Waals surface area (Å²) < 4.78 is 210. The first kappa shape index (κ1) is 27.1. The standard InChI is InChI=1S/C14F16N2/c15-8-6(10(18,19)13(25,26)27)4(2-32)3(1-31)5(9(16,17)12(22,23)24)7(8)11(20,21)14(28,29)30. The van der Waals surface area contributed by atoms with Crippen LogP contribution in [0.3, 0.4) is 0 Å². The average molecular weight is 500 g/mol. The van der Waals surface area contributed by atoms with Crippen LogP contribution in [0.1, 0.15) is 27.8 Å². The van der Waals surface area contributed by atoms with E-state index in [9.17, 15) is 70.2 Å². The van der Waals surface area contributed by atoms with E-state index in [1.807, 2.05) is 0 Å². The Morgan fingerprint density at radius 1 is 0.438 bits per heavy atom. The Morgan fingerprint density at radius 2 is 0.688 bits per heavy atom. The molecule has 0 aliphatic carbocycles. The fourth-order valence-corrected chi connectivity index (χ4v) is 2.27. The van der Waals surface area contributed by atoms with E-state index in [1.165, 1.54) is 0 Å². The Hall–Kier alpha value is -2.92. The second-order valence-corrected chi connectivity index (χ2v) is 5.63. The van der Waals surface area contributed by atoms with Gasteiger partial charge in [0.1, 0.15) is 18.0 Å². The van der Waals surface area contributed by atoms with Crippen molar-refractivity contribution in [2.45, 2.75) is 36.3 Å². The fourth-order valence-electron chi connectivity index (χ4n) is 2.27. The summed E-state index contributed by atoms with van der Waals surface area (Å²) in [6.45, 7) is 0. The molecule has 18 heteroatoms. The third-order valence-corrected chi connectivity index (χ3v) is 3.67. The molecule has 0 unspecified atom stereocenters. The molecule has 1 aromatic rings. The molecule has 0 spiro atoms. The monoisotopic (exact) mass is 500 g/mol. The zero-order valence-electron chi connectivity index (χ0n) is 13.9. The molecule has 0 bridgehead atoms. The smallest absolute Gasteiger partial charge is 0.206 e. The van der Waals surface area contributed by atoms with Crippen LogP contribution >= 0.6 is 0 Å². The molecule has 1 rings (SSSR count). The number of rotatable bonds is 3. The molecule has 1 aromatic carbocycles. The number of halogens is 16. The Kier molecular flexibility index (Phi) is 6.19. The third kappa shape index (κ3) is 3.75. The van der Waals surface area contributed by atoms with E-state index in [-0.39, 0.29) is 12.1 Å². The molecule has 2 nitrogen and oxygen atoms in total. The van der Waals surface area contributed by atoms with Crippen molar-refractivity contribution in [2.24, 2.45) is 0 Å².